The molecule has 4 aliphatic rings. The van der Waals surface area contributed by atoms with Crippen molar-refractivity contribution in [3.63, 3.8) is 0 Å². The molecule has 4 fully saturated rings. The molecule has 4 atom stereocenters. The van der Waals surface area contributed by atoms with Gasteiger partial charge in [0.15, 0.2) is 5.76 Å². The van der Waals surface area contributed by atoms with Gasteiger partial charge in [-0.2, -0.15) is 0 Å². The second-order valence-corrected chi connectivity index (χ2v) is 16.9. The Morgan fingerprint density at radius 2 is 1.08 bits per heavy atom. The number of hydrogen-bond acceptors (Lipinski definition) is 8. The van der Waals surface area contributed by atoms with Crippen LogP contribution in [0.25, 0.3) is 22.8 Å². The Bertz CT molecular complexity index is 1700. The molecule has 53 heavy (non-hydrogen) atoms. The van der Waals surface area contributed by atoms with Crippen molar-refractivity contribution in [2.75, 3.05) is 23.7 Å². The van der Waals surface area contributed by atoms with Gasteiger partial charge < -0.3 is 34.3 Å². The third kappa shape index (κ3) is 8.98. The molecule has 2 saturated heterocycles. The van der Waals surface area contributed by atoms with Crippen molar-refractivity contribution in [3.8, 4) is 22.8 Å². The molecule has 12 heteroatoms. The Hall–Kier alpha value is -4.55. The first-order valence-electron chi connectivity index (χ1n) is 18.9. The normalized spacial score (nSPS) is 23.3. The Labute approximate surface area is 311 Å². The minimum absolute atomic E-state index is 0.0162. The second kappa shape index (κ2) is 14.4. The largest absolute Gasteiger partial charge is 0.436 e. The molecule has 0 unspecified atom stereocenters. The second-order valence-electron chi connectivity index (χ2n) is 16.9. The summed E-state index contributed by atoms with van der Waals surface area (Å²) in [6.45, 7) is 12.7. The molecule has 2 aliphatic heterocycles. The molecule has 282 valence electrons. The number of likely N-dealkylation sites (tertiary alicyclic amines) is 2. The van der Waals surface area contributed by atoms with Crippen molar-refractivity contribution < 1.29 is 33.1 Å². The third-order valence-corrected chi connectivity index (χ3v) is 9.93. The summed E-state index contributed by atoms with van der Waals surface area (Å²) in [6.07, 6.45) is 5.68. The van der Waals surface area contributed by atoms with E-state index in [9.17, 15) is 19.2 Å². The van der Waals surface area contributed by atoms with Gasteiger partial charge in [0.1, 0.15) is 12.1 Å². The molecule has 0 bridgehead atoms. The smallest absolute Gasteiger partial charge is 0.247 e. The number of benzene rings is 2. The molecule has 2 saturated carbocycles. The number of nitrogens with one attached hydrogen (secondary N) is 2. The van der Waals surface area contributed by atoms with Gasteiger partial charge in [0, 0.05) is 60.3 Å². The number of amides is 4. The number of oxazole rings is 1. The van der Waals surface area contributed by atoms with Gasteiger partial charge in [-0.25, -0.2) is 4.98 Å². The molecule has 3 heterocycles. The summed E-state index contributed by atoms with van der Waals surface area (Å²) in [5.74, 6) is 0.642. The van der Waals surface area contributed by atoms with Crippen LogP contribution in [0.15, 0.2) is 59.1 Å². The summed E-state index contributed by atoms with van der Waals surface area (Å²) in [4.78, 5) is 60.8. The van der Waals surface area contributed by atoms with Crippen molar-refractivity contribution in [1.29, 1.82) is 0 Å². The molecule has 0 radical (unpaired) electrons. The van der Waals surface area contributed by atoms with Crippen molar-refractivity contribution in [2.45, 2.75) is 116 Å². The van der Waals surface area contributed by atoms with E-state index in [2.05, 4.69) is 15.6 Å². The highest BCUT2D eigenvalue weighted by Crippen LogP contribution is 2.37. The van der Waals surface area contributed by atoms with E-state index in [-0.39, 0.29) is 58.9 Å². The Morgan fingerprint density at radius 1 is 0.660 bits per heavy atom. The number of aromatic nitrogens is 1. The van der Waals surface area contributed by atoms with E-state index in [4.69, 9.17) is 13.9 Å². The Morgan fingerprint density at radius 3 is 1.47 bits per heavy atom. The minimum Gasteiger partial charge on any atom is -0.436 e. The zero-order valence-electron chi connectivity index (χ0n) is 31.5. The highest BCUT2D eigenvalue weighted by Gasteiger charge is 2.47. The number of nitrogens with zero attached hydrogens (tertiary/aromatic N) is 3. The first-order valence-corrected chi connectivity index (χ1v) is 18.9. The van der Waals surface area contributed by atoms with Crippen LogP contribution < -0.4 is 10.6 Å². The maximum absolute atomic E-state index is 13.4. The lowest BCUT2D eigenvalue weighted by molar-refractivity contribution is -0.138. The summed E-state index contributed by atoms with van der Waals surface area (Å²) in [5, 5.41) is 5.98. The fourth-order valence-electron chi connectivity index (χ4n) is 7.29. The predicted octanol–water partition coefficient (Wildman–Crippen LogP) is 6.27. The highest BCUT2D eigenvalue weighted by molar-refractivity contribution is 5.99. The van der Waals surface area contributed by atoms with Gasteiger partial charge in [0.05, 0.1) is 29.6 Å². The van der Waals surface area contributed by atoms with Gasteiger partial charge in [0.2, 0.25) is 29.5 Å². The van der Waals surface area contributed by atoms with Gasteiger partial charge in [-0.3, -0.25) is 19.2 Å². The summed E-state index contributed by atoms with van der Waals surface area (Å²) in [7, 11) is 0. The van der Waals surface area contributed by atoms with Gasteiger partial charge in [-0.1, -0.05) is 0 Å². The fourth-order valence-corrected chi connectivity index (χ4v) is 7.29. The molecule has 3 aromatic rings. The van der Waals surface area contributed by atoms with Crippen LogP contribution in [0.3, 0.4) is 0 Å². The lowest BCUT2D eigenvalue weighted by atomic mass is 10.1. The molecule has 0 spiro atoms. The summed E-state index contributed by atoms with van der Waals surface area (Å²) >= 11 is 0. The Balaban J connectivity index is 0.958. The average Bonchev–Trinajstić information content (AvgIpc) is 4.00. The predicted molar refractivity (Wildman–Crippen MR) is 200 cm³/mol. The number of rotatable bonds is 10. The molecular weight excluding hydrogens is 674 g/mol. The summed E-state index contributed by atoms with van der Waals surface area (Å²) in [6, 6.07) is 13.4. The molecule has 2 aliphatic carbocycles. The highest BCUT2D eigenvalue weighted by atomic mass is 16.5. The lowest BCUT2D eigenvalue weighted by Gasteiger charge is -2.25. The maximum Gasteiger partial charge on any atom is 0.247 e. The van der Waals surface area contributed by atoms with E-state index in [1.807, 2.05) is 65.8 Å². The zero-order chi connectivity index (χ0) is 37.7. The molecule has 2 N–H and O–H groups in total. The molecule has 7 rings (SSSR count). The van der Waals surface area contributed by atoms with Gasteiger partial charge in [-0.05, 0) is 116 Å². The fraction of sp³-hybridized carbons (Fsp3) is 0.537. The van der Waals surface area contributed by atoms with Gasteiger partial charge in [-0.15, -0.1) is 0 Å². The van der Waals surface area contributed by atoms with Crippen LogP contribution >= 0.6 is 0 Å². The van der Waals surface area contributed by atoms with Crippen molar-refractivity contribution in [3.05, 3.63) is 54.7 Å². The average molecular weight is 726 g/mol. The van der Waals surface area contributed by atoms with E-state index in [0.29, 0.717) is 49.0 Å². The van der Waals surface area contributed by atoms with E-state index in [1.54, 1.807) is 40.3 Å². The number of carbonyl (C=O) groups excluding carboxylic acids is 4. The molecular formula is C41H51N5O7. The van der Waals surface area contributed by atoms with Crippen LogP contribution in [0.5, 0.6) is 0 Å². The lowest BCUT2D eigenvalue weighted by Crippen LogP contribution is -2.44. The summed E-state index contributed by atoms with van der Waals surface area (Å²) < 4.78 is 18.4. The number of ether oxygens (including phenoxy) is 2. The van der Waals surface area contributed by atoms with Crippen LogP contribution in [-0.4, -0.2) is 87.0 Å². The standard InChI is InChI=1S/C41H51N5O7/c1-40(2,3)52-30-19-32(45(22-30)38(49)26-7-8-26)35(47)43-28-15-11-24(12-16-28)34-21-42-37(51-34)25-13-17-29(18-14-25)44-36(48)33-20-31(53-41(4,5)6)23-46(33)39(50)27-9-10-27/h11-18,21,26-27,30-33H,7-10,19-20,22-23H2,1-6H3,(H,43,47)(H,44,48)/t30-,31-,32+,33+/m1/s1. The monoisotopic (exact) mass is 725 g/mol. The van der Waals surface area contributed by atoms with Crippen LogP contribution in [0.2, 0.25) is 0 Å². The molecule has 4 amide bonds. The zero-order valence-corrected chi connectivity index (χ0v) is 31.5. The van der Waals surface area contributed by atoms with Crippen molar-refractivity contribution >= 4 is 35.0 Å². The van der Waals surface area contributed by atoms with Gasteiger partial charge >= 0.3 is 0 Å². The Kier molecular flexibility index (Phi) is 9.97. The number of carbonyl (C=O) groups is 4. The number of hydrogen-bond donors (Lipinski definition) is 2. The first kappa shape index (κ1) is 36.8. The molecule has 12 nitrogen and oxygen atoms in total. The van der Waals surface area contributed by atoms with Crippen LogP contribution in [0.4, 0.5) is 11.4 Å². The van der Waals surface area contributed by atoms with Crippen LogP contribution in [0, 0.1) is 11.8 Å². The van der Waals surface area contributed by atoms with Crippen molar-refractivity contribution in [2.24, 2.45) is 11.8 Å². The van der Waals surface area contributed by atoms with Gasteiger partial charge in [0.25, 0.3) is 0 Å². The number of anilines is 2. The minimum atomic E-state index is -0.585. The van der Waals surface area contributed by atoms with E-state index in [1.165, 1.54) is 0 Å². The quantitative estimate of drug-likeness (QED) is 0.249. The maximum atomic E-state index is 13.4. The van der Waals surface area contributed by atoms with E-state index < -0.39 is 12.1 Å². The van der Waals surface area contributed by atoms with Crippen LogP contribution in [0.1, 0.15) is 80.1 Å². The topological polar surface area (TPSA) is 143 Å². The molecule has 1 aromatic heterocycles. The molecule has 2 aromatic carbocycles. The SMILES string of the molecule is CC(C)(C)O[C@@H]1C[C@@H](C(=O)Nc2ccc(-c3cnc(-c4ccc(NC(=O)[C@@H]5C[C@@H](OC(C)(C)C)CN5C(=O)C5CC5)cc4)o3)cc2)N(C(=O)C2CC2)C1. The summed E-state index contributed by atoms with van der Waals surface area (Å²) in [5.41, 5.74) is 2.00. The van der Waals surface area contributed by atoms with Crippen LogP contribution in [-0.2, 0) is 28.7 Å². The van der Waals surface area contributed by atoms with E-state index >= 15 is 0 Å². The third-order valence-electron chi connectivity index (χ3n) is 9.93. The van der Waals surface area contributed by atoms with E-state index in [0.717, 1.165) is 36.8 Å². The first-order chi connectivity index (χ1) is 25.1. The van der Waals surface area contributed by atoms with Crippen molar-refractivity contribution in [1.82, 2.24) is 14.8 Å².